The van der Waals surface area contributed by atoms with Gasteiger partial charge >= 0.3 is 0 Å². The van der Waals surface area contributed by atoms with E-state index in [1.54, 1.807) is 4.90 Å². The lowest BCUT2D eigenvalue weighted by atomic mass is 10.3. The highest BCUT2D eigenvalue weighted by atomic mass is 19.1. The van der Waals surface area contributed by atoms with E-state index in [-0.39, 0.29) is 5.91 Å². The van der Waals surface area contributed by atoms with Gasteiger partial charge in [0.1, 0.15) is 11.5 Å². The van der Waals surface area contributed by atoms with Gasteiger partial charge in [0.15, 0.2) is 0 Å². The molecule has 14 heavy (non-hydrogen) atoms. The number of aromatic nitrogens is 1. The standard InChI is InChI=1S/C9H11FN2O2/c10-7-5-8(11-6-7)9(13)12-1-3-14-4-2-12/h5-6,11H,1-4H2. The molecule has 0 unspecified atom stereocenters. The van der Waals surface area contributed by atoms with Gasteiger partial charge in [-0.1, -0.05) is 0 Å². The van der Waals surface area contributed by atoms with E-state index in [0.717, 1.165) is 0 Å². The Bertz CT molecular complexity index is 331. The minimum atomic E-state index is -0.415. The minimum Gasteiger partial charge on any atom is -0.378 e. The number of carbonyl (C=O) groups is 1. The van der Waals surface area contributed by atoms with E-state index >= 15 is 0 Å². The van der Waals surface area contributed by atoms with Crippen molar-refractivity contribution in [2.45, 2.75) is 0 Å². The van der Waals surface area contributed by atoms with E-state index < -0.39 is 5.82 Å². The number of hydrogen-bond acceptors (Lipinski definition) is 2. The van der Waals surface area contributed by atoms with Crippen molar-refractivity contribution in [3.63, 3.8) is 0 Å². The molecule has 0 saturated carbocycles. The van der Waals surface area contributed by atoms with Crippen LogP contribution in [0, 0.1) is 5.82 Å². The van der Waals surface area contributed by atoms with Crippen LogP contribution in [0.15, 0.2) is 12.3 Å². The van der Waals surface area contributed by atoms with Crippen LogP contribution in [0.1, 0.15) is 10.5 Å². The molecule has 2 rings (SSSR count). The number of morpholine rings is 1. The van der Waals surface area contributed by atoms with Gasteiger partial charge in [0.2, 0.25) is 0 Å². The average Bonchev–Trinajstić information content (AvgIpc) is 2.65. The molecule has 1 aromatic heterocycles. The molecule has 0 atom stereocenters. The van der Waals surface area contributed by atoms with Crippen molar-refractivity contribution in [2.75, 3.05) is 26.3 Å². The van der Waals surface area contributed by atoms with Crippen LogP contribution in [0.3, 0.4) is 0 Å². The molecule has 5 heteroatoms. The molecule has 1 aliphatic rings. The fourth-order valence-corrected chi connectivity index (χ4v) is 1.43. The van der Waals surface area contributed by atoms with Gasteiger partial charge in [0.05, 0.1) is 13.2 Å². The Morgan fingerprint density at radius 3 is 2.79 bits per heavy atom. The lowest BCUT2D eigenvalue weighted by molar-refractivity contribution is 0.0299. The maximum atomic E-state index is 12.6. The van der Waals surface area contributed by atoms with E-state index in [0.29, 0.717) is 32.0 Å². The molecule has 1 amide bonds. The fourth-order valence-electron chi connectivity index (χ4n) is 1.43. The predicted molar refractivity (Wildman–Crippen MR) is 47.5 cm³/mol. The summed E-state index contributed by atoms with van der Waals surface area (Å²) in [6, 6.07) is 1.21. The number of rotatable bonds is 1. The monoisotopic (exact) mass is 198 g/mol. The van der Waals surface area contributed by atoms with Gasteiger partial charge < -0.3 is 14.6 Å². The predicted octanol–water partition coefficient (Wildman–Crippen LogP) is 0.626. The molecular weight excluding hydrogens is 187 g/mol. The molecule has 0 bridgehead atoms. The van der Waals surface area contributed by atoms with Crippen molar-refractivity contribution < 1.29 is 13.9 Å². The molecule has 1 aliphatic heterocycles. The lowest BCUT2D eigenvalue weighted by Gasteiger charge is -2.26. The SMILES string of the molecule is O=C(c1cc(F)c[nH]1)N1CCOCC1. The topological polar surface area (TPSA) is 45.3 Å². The summed E-state index contributed by atoms with van der Waals surface area (Å²) in [6.07, 6.45) is 1.17. The van der Waals surface area contributed by atoms with Gasteiger partial charge in [-0.3, -0.25) is 4.79 Å². The summed E-state index contributed by atoms with van der Waals surface area (Å²) in [5.41, 5.74) is 0.296. The van der Waals surface area contributed by atoms with Crippen LogP contribution in [-0.2, 0) is 4.74 Å². The van der Waals surface area contributed by atoms with Crippen LogP contribution in [0.5, 0.6) is 0 Å². The van der Waals surface area contributed by atoms with Gasteiger partial charge in [-0.2, -0.15) is 0 Å². The smallest absolute Gasteiger partial charge is 0.270 e. The van der Waals surface area contributed by atoms with Gasteiger partial charge in [0, 0.05) is 25.4 Å². The molecule has 0 aliphatic carbocycles. The van der Waals surface area contributed by atoms with Crippen LogP contribution in [-0.4, -0.2) is 42.1 Å². The van der Waals surface area contributed by atoms with Crippen LogP contribution in [0.25, 0.3) is 0 Å². The number of ether oxygens (including phenoxy) is 1. The molecule has 0 spiro atoms. The van der Waals surface area contributed by atoms with E-state index in [9.17, 15) is 9.18 Å². The van der Waals surface area contributed by atoms with Crippen LogP contribution in [0.4, 0.5) is 4.39 Å². The number of aromatic amines is 1. The summed E-state index contributed by atoms with van der Waals surface area (Å²) >= 11 is 0. The zero-order valence-corrected chi connectivity index (χ0v) is 7.62. The Morgan fingerprint density at radius 2 is 2.21 bits per heavy atom. The second-order valence-corrected chi connectivity index (χ2v) is 3.14. The Kier molecular flexibility index (Phi) is 2.49. The third-order valence-corrected chi connectivity index (χ3v) is 2.18. The second kappa shape index (κ2) is 3.79. The summed E-state index contributed by atoms with van der Waals surface area (Å²) in [4.78, 5) is 15.9. The zero-order valence-electron chi connectivity index (χ0n) is 7.62. The number of halogens is 1. The van der Waals surface area contributed by atoms with Crippen LogP contribution >= 0.6 is 0 Å². The molecule has 0 radical (unpaired) electrons. The molecule has 2 heterocycles. The van der Waals surface area contributed by atoms with E-state index in [1.165, 1.54) is 12.3 Å². The number of nitrogens with one attached hydrogen (secondary N) is 1. The van der Waals surface area contributed by atoms with E-state index in [2.05, 4.69) is 4.98 Å². The summed E-state index contributed by atoms with van der Waals surface area (Å²) in [5, 5.41) is 0. The first-order chi connectivity index (χ1) is 6.77. The van der Waals surface area contributed by atoms with Crippen molar-refractivity contribution in [2.24, 2.45) is 0 Å². The van der Waals surface area contributed by atoms with E-state index in [1.807, 2.05) is 0 Å². The highest BCUT2D eigenvalue weighted by Crippen LogP contribution is 2.07. The number of hydrogen-bond donors (Lipinski definition) is 1. The van der Waals surface area contributed by atoms with Crippen molar-refractivity contribution >= 4 is 5.91 Å². The highest BCUT2D eigenvalue weighted by Gasteiger charge is 2.19. The second-order valence-electron chi connectivity index (χ2n) is 3.14. The Balaban J connectivity index is 2.07. The first kappa shape index (κ1) is 9.21. The molecule has 4 nitrogen and oxygen atoms in total. The summed E-state index contributed by atoms with van der Waals surface area (Å²) in [7, 11) is 0. The number of amides is 1. The minimum absolute atomic E-state index is 0.169. The first-order valence-electron chi connectivity index (χ1n) is 4.48. The normalized spacial score (nSPS) is 17.1. The summed E-state index contributed by atoms with van der Waals surface area (Å²) < 4.78 is 17.7. The first-order valence-corrected chi connectivity index (χ1v) is 4.48. The number of carbonyl (C=O) groups excluding carboxylic acids is 1. The summed E-state index contributed by atoms with van der Waals surface area (Å²) in [5.74, 6) is -0.584. The van der Waals surface area contributed by atoms with Crippen molar-refractivity contribution in [1.82, 2.24) is 9.88 Å². The molecule has 0 aromatic carbocycles. The highest BCUT2D eigenvalue weighted by molar-refractivity contribution is 5.92. The Labute approximate surface area is 80.7 Å². The van der Waals surface area contributed by atoms with Gasteiger partial charge in [-0.25, -0.2) is 4.39 Å². The lowest BCUT2D eigenvalue weighted by Crippen LogP contribution is -2.40. The van der Waals surface area contributed by atoms with Crippen LogP contribution < -0.4 is 0 Å². The average molecular weight is 198 g/mol. The van der Waals surface area contributed by atoms with Crippen LogP contribution in [0.2, 0.25) is 0 Å². The van der Waals surface area contributed by atoms with Crippen molar-refractivity contribution in [3.05, 3.63) is 23.8 Å². The fraction of sp³-hybridized carbons (Fsp3) is 0.444. The third-order valence-electron chi connectivity index (χ3n) is 2.18. The summed E-state index contributed by atoms with van der Waals surface area (Å²) in [6.45, 7) is 2.24. The van der Waals surface area contributed by atoms with E-state index in [4.69, 9.17) is 4.74 Å². The maximum absolute atomic E-state index is 12.6. The largest absolute Gasteiger partial charge is 0.378 e. The Morgan fingerprint density at radius 1 is 1.50 bits per heavy atom. The molecular formula is C9H11FN2O2. The zero-order chi connectivity index (χ0) is 9.97. The molecule has 1 saturated heterocycles. The quantitative estimate of drug-likeness (QED) is 0.719. The number of H-pyrrole nitrogens is 1. The molecule has 1 N–H and O–H groups in total. The maximum Gasteiger partial charge on any atom is 0.270 e. The number of nitrogens with zero attached hydrogens (tertiary/aromatic N) is 1. The van der Waals surface area contributed by atoms with Gasteiger partial charge in [0.25, 0.3) is 5.91 Å². The third kappa shape index (κ3) is 1.77. The Hall–Kier alpha value is -1.36. The molecule has 1 aromatic rings. The van der Waals surface area contributed by atoms with Gasteiger partial charge in [-0.15, -0.1) is 0 Å². The van der Waals surface area contributed by atoms with Crippen molar-refractivity contribution in [1.29, 1.82) is 0 Å². The molecule has 76 valence electrons. The van der Waals surface area contributed by atoms with Crippen molar-refractivity contribution in [3.8, 4) is 0 Å². The molecule has 1 fully saturated rings. The van der Waals surface area contributed by atoms with Gasteiger partial charge in [-0.05, 0) is 0 Å².